The molecule has 0 unspecified atom stereocenters. The maximum Gasteiger partial charge on any atom is 0.310 e. The molecule has 0 aromatic heterocycles. The minimum Gasteiger partial charge on any atom is -0.469 e. The van der Waals surface area contributed by atoms with Crippen molar-refractivity contribution in [2.75, 3.05) is 14.2 Å². The van der Waals surface area contributed by atoms with Gasteiger partial charge >= 0.3 is 5.97 Å². The molecule has 2 heterocycles. The van der Waals surface area contributed by atoms with Crippen molar-refractivity contribution in [1.82, 2.24) is 4.90 Å². The van der Waals surface area contributed by atoms with Gasteiger partial charge in [-0.1, -0.05) is 12.8 Å². The number of ether oxygens (including phenoxy) is 1. The zero-order valence-corrected chi connectivity index (χ0v) is 9.03. The minimum absolute atomic E-state index is 0.00810. The van der Waals surface area contributed by atoms with Crippen molar-refractivity contribution < 1.29 is 9.53 Å². The summed E-state index contributed by atoms with van der Waals surface area (Å²) < 4.78 is 4.87. The van der Waals surface area contributed by atoms with Crippen LogP contribution in [0.4, 0.5) is 0 Å². The Labute approximate surface area is 85.4 Å². The first-order valence-electron chi connectivity index (χ1n) is 5.54. The molecule has 3 heteroatoms. The molecule has 2 aliphatic heterocycles. The first-order valence-corrected chi connectivity index (χ1v) is 5.54. The molecule has 80 valence electrons. The highest BCUT2D eigenvalue weighted by atomic mass is 16.5. The second kappa shape index (κ2) is 3.89. The molecule has 0 N–H and O–H groups in total. The Hall–Kier alpha value is -0.570. The van der Waals surface area contributed by atoms with Crippen molar-refractivity contribution >= 4 is 5.97 Å². The van der Waals surface area contributed by atoms with Crippen molar-refractivity contribution in [2.24, 2.45) is 5.92 Å². The van der Waals surface area contributed by atoms with Crippen molar-refractivity contribution in [3.63, 3.8) is 0 Å². The van der Waals surface area contributed by atoms with E-state index in [2.05, 4.69) is 11.9 Å². The van der Waals surface area contributed by atoms with Crippen LogP contribution in [0.25, 0.3) is 0 Å². The van der Waals surface area contributed by atoms with E-state index in [4.69, 9.17) is 4.74 Å². The van der Waals surface area contributed by atoms with Gasteiger partial charge in [-0.2, -0.15) is 0 Å². The molecule has 0 aromatic rings. The Morgan fingerprint density at radius 3 is 2.79 bits per heavy atom. The Bertz CT molecular complexity index is 229. The summed E-state index contributed by atoms with van der Waals surface area (Å²) in [6.07, 6.45) is 6.00. The van der Waals surface area contributed by atoms with Crippen molar-refractivity contribution in [3.05, 3.63) is 0 Å². The van der Waals surface area contributed by atoms with E-state index in [0.717, 1.165) is 12.8 Å². The van der Waals surface area contributed by atoms with Crippen LogP contribution in [0, 0.1) is 5.92 Å². The average Bonchev–Trinajstić information content (AvgIpc) is 2.34. The van der Waals surface area contributed by atoms with Gasteiger partial charge in [0.15, 0.2) is 0 Å². The fraction of sp³-hybridized carbons (Fsp3) is 0.909. The average molecular weight is 197 g/mol. The third kappa shape index (κ3) is 1.54. The van der Waals surface area contributed by atoms with E-state index in [9.17, 15) is 4.79 Å². The zero-order chi connectivity index (χ0) is 10.1. The number of carbonyl (C=O) groups is 1. The van der Waals surface area contributed by atoms with Crippen molar-refractivity contribution in [1.29, 1.82) is 0 Å². The lowest BCUT2D eigenvalue weighted by molar-refractivity contribution is -0.146. The largest absolute Gasteiger partial charge is 0.469 e. The Kier molecular flexibility index (Phi) is 2.77. The van der Waals surface area contributed by atoms with Crippen LogP contribution in [0.1, 0.15) is 32.1 Å². The predicted molar refractivity (Wildman–Crippen MR) is 53.9 cm³/mol. The second-order valence-corrected chi connectivity index (χ2v) is 4.54. The first kappa shape index (κ1) is 9.97. The summed E-state index contributed by atoms with van der Waals surface area (Å²) in [5, 5.41) is 0. The van der Waals surface area contributed by atoms with Gasteiger partial charge < -0.3 is 4.74 Å². The third-order valence-corrected chi connectivity index (χ3v) is 3.88. The molecular weight excluding hydrogens is 178 g/mol. The van der Waals surface area contributed by atoms with Crippen molar-refractivity contribution in [2.45, 2.75) is 44.2 Å². The van der Waals surface area contributed by atoms with E-state index in [0.29, 0.717) is 12.1 Å². The predicted octanol–water partition coefficient (Wildman–Crippen LogP) is 1.42. The van der Waals surface area contributed by atoms with Gasteiger partial charge in [0.25, 0.3) is 0 Å². The summed E-state index contributed by atoms with van der Waals surface area (Å²) in [6, 6.07) is 1.06. The van der Waals surface area contributed by atoms with Crippen LogP contribution in [-0.4, -0.2) is 37.1 Å². The number of hydrogen-bond donors (Lipinski definition) is 0. The van der Waals surface area contributed by atoms with Gasteiger partial charge in [0.1, 0.15) is 0 Å². The van der Waals surface area contributed by atoms with E-state index < -0.39 is 0 Å². The Morgan fingerprint density at radius 2 is 2.07 bits per heavy atom. The molecule has 2 bridgehead atoms. The number of rotatable bonds is 1. The van der Waals surface area contributed by atoms with Gasteiger partial charge in [-0.3, -0.25) is 9.69 Å². The quantitative estimate of drug-likeness (QED) is 0.595. The van der Waals surface area contributed by atoms with Gasteiger partial charge in [0.2, 0.25) is 0 Å². The summed E-state index contributed by atoms with van der Waals surface area (Å²) in [6.45, 7) is 0. The molecule has 0 aromatic carbocycles. The highest BCUT2D eigenvalue weighted by Gasteiger charge is 2.43. The van der Waals surface area contributed by atoms with Crippen LogP contribution in [0.3, 0.4) is 0 Å². The van der Waals surface area contributed by atoms with Crippen LogP contribution < -0.4 is 0 Å². The molecule has 0 radical (unpaired) electrons. The summed E-state index contributed by atoms with van der Waals surface area (Å²) in [4.78, 5) is 14.0. The Morgan fingerprint density at radius 1 is 1.36 bits per heavy atom. The fourth-order valence-corrected chi connectivity index (χ4v) is 3.04. The molecule has 2 fully saturated rings. The normalized spacial score (nSPS) is 38.0. The summed E-state index contributed by atoms with van der Waals surface area (Å²) in [5.74, 6) is 0.126. The van der Waals surface area contributed by atoms with Gasteiger partial charge in [-0.05, 0) is 26.3 Å². The highest BCUT2D eigenvalue weighted by molar-refractivity contribution is 5.73. The fourth-order valence-electron chi connectivity index (χ4n) is 3.04. The Balaban J connectivity index is 2.12. The van der Waals surface area contributed by atoms with E-state index >= 15 is 0 Å². The molecule has 2 saturated heterocycles. The molecule has 2 aliphatic rings. The molecule has 0 aliphatic carbocycles. The van der Waals surface area contributed by atoms with Crippen LogP contribution in [0.15, 0.2) is 0 Å². The van der Waals surface area contributed by atoms with E-state index in [-0.39, 0.29) is 11.9 Å². The number of methoxy groups -OCH3 is 1. The maximum absolute atomic E-state index is 11.6. The maximum atomic E-state index is 11.6. The number of esters is 1. The molecule has 0 amide bonds. The first-order chi connectivity index (χ1) is 6.74. The minimum atomic E-state index is -0.00810. The lowest BCUT2D eigenvalue weighted by atomic mass is 9.91. The molecular formula is C11H19NO2. The van der Waals surface area contributed by atoms with Crippen LogP contribution in [0.2, 0.25) is 0 Å². The second-order valence-electron chi connectivity index (χ2n) is 4.54. The zero-order valence-electron chi connectivity index (χ0n) is 9.03. The summed E-state index contributed by atoms with van der Waals surface area (Å²) in [5.41, 5.74) is 0. The molecule has 3 nitrogen and oxygen atoms in total. The summed E-state index contributed by atoms with van der Waals surface area (Å²) in [7, 11) is 3.65. The number of fused-ring (bicyclic) bond motifs is 2. The van der Waals surface area contributed by atoms with Gasteiger partial charge in [-0.15, -0.1) is 0 Å². The van der Waals surface area contributed by atoms with Gasteiger partial charge in [0.05, 0.1) is 13.0 Å². The van der Waals surface area contributed by atoms with Crippen LogP contribution in [-0.2, 0) is 9.53 Å². The lowest BCUT2D eigenvalue weighted by Gasteiger charge is -2.23. The van der Waals surface area contributed by atoms with Gasteiger partial charge in [-0.25, -0.2) is 0 Å². The standard InChI is InChI=1S/C11H19NO2/c1-12-8-5-3-4-6-10(12)9(7-8)11(13)14-2/h8-10H,3-7H2,1-2H3/t8-,9-,10+/m1/s1. The van der Waals surface area contributed by atoms with Crippen molar-refractivity contribution in [3.8, 4) is 0 Å². The van der Waals surface area contributed by atoms with Gasteiger partial charge in [0, 0.05) is 12.1 Å². The van der Waals surface area contributed by atoms with Crippen LogP contribution >= 0.6 is 0 Å². The number of carbonyl (C=O) groups excluding carboxylic acids is 1. The topological polar surface area (TPSA) is 29.5 Å². The van der Waals surface area contributed by atoms with E-state index in [1.165, 1.54) is 26.4 Å². The van der Waals surface area contributed by atoms with Crippen LogP contribution in [0.5, 0.6) is 0 Å². The van der Waals surface area contributed by atoms with E-state index in [1.807, 2.05) is 0 Å². The molecule has 0 saturated carbocycles. The third-order valence-electron chi connectivity index (χ3n) is 3.88. The summed E-state index contributed by atoms with van der Waals surface area (Å²) >= 11 is 0. The van der Waals surface area contributed by atoms with E-state index in [1.54, 1.807) is 0 Å². The SMILES string of the molecule is COC(=O)[C@@H]1C[C@H]2CCCC[C@@H]1N2C. The molecule has 0 spiro atoms. The number of hydrogen-bond acceptors (Lipinski definition) is 3. The smallest absolute Gasteiger partial charge is 0.310 e. The highest BCUT2D eigenvalue weighted by Crippen LogP contribution is 2.37. The lowest BCUT2D eigenvalue weighted by Crippen LogP contribution is -2.34. The molecule has 3 atom stereocenters. The monoisotopic (exact) mass is 197 g/mol. The molecule has 2 rings (SSSR count). The molecule has 14 heavy (non-hydrogen) atoms. The number of nitrogens with zero attached hydrogens (tertiary/aromatic N) is 1.